The normalized spacial score (nSPS) is 12.2. The number of benzene rings is 2. The molecule has 1 N–H and O–H groups in total. The number of aliphatic hydroxyl groups excluding tert-OH is 1. The molecule has 0 saturated carbocycles. The van der Waals surface area contributed by atoms with Gasteiger partial charge in [-0.2, -0.15) is 0 Å². The highest BCUT2D eigenvalue weighted by atomic mass is 35.5. The van der Waals surface area contributed by atoms with Crippen molar-refractivity contribution in [3.8, 4) is 11.3 Å². The molecule has 2 aromatic carbocycles. The second-order valence-electron chi connectivity index (χ2n) is 6.67. The van der Waals surface area contributed by atoms with Crippen LogP contribution in [0.2, 0.25) is 10.0 Å². The van der Waals surface area contributed by atoms with E-state index in [2.05, 4.69) is 18.7 Å². The number of nitrogens with zero attached hydrogens (tertiary/aromatic N) is 2. The third-order valence-electron chi connectivity index (χ3n) is 5.02. The fourth-order valence-electron chi connectivity index (χ4n) is 3.30. The van der Waals surface area contributed by atoms with Crippen molar-refractivity contribution in [2.75, 3.05) is 19.6 Å². The Kier molecular flexibility index (Phi) is 8.11. The summed E-state index contributed by atoms with van der Waals surface area (Å²) >= 11 is 12.4. The molecule has 3 nitrogen and oxygen atoms in total. The second kappa shape index (κ2) is 9.91. The van der Waals surface area contributed by atoms with E-state index in [1.54, 1.807) is 0 Å². The molecule has 3 aromatic rings. The fraction of sp³-hybridized carbons (Fsp3) is 0.318. The maximum absolute atomic E-state index is 11.0. The summed E-state index contributed by atoms with van der Waals surface area (Å²) in [5.74, 6) is 0. The van der Waals surface area contributed by atoms with Crippen LogP contribution in [-0.4, -0.2) is 34.6 Å². The van der Waals surface area contributed by atoms with Crippen LogP contribution in [0.5, 0.6) is 0 Å². The highest BCUT2D eigenvalue weighted by Gasteiger charge is 2.18. The lowest BCUT2D eigenvalue weighted by Gasteiger charge is -2.23. The standard InChI is InChI=1S/C22H24Cl2N2O.ClH/c1-4-26(5-2)13-21(27)18-12-20(15-6-8-16(23)9-7-15)25-22-14(3)19(24)11-10-17(18)22;/h6-12,21,27H,4-5,13H2,1-3H3;1H. The second-order valence-corrected chi connectivity index (χ2v) is 7.52. The Hall–Kier alpha value is -1.36. The molecule has 28 heavy (non-hydrogen) atoms. The molecule has 0 radical (unpaired) electrons. The Labute approximate surface area is 182 Å². The molecule has 1 unspecified atom stereocenters. The zero-order valence-electron chi connectivity index (χ0n) is 16.2. The van der Waals surface area contributed by atoms with Crippen LogP contribution in [0.4, 0.5) is 0 Å². The number of likely N-dealkylation sites (N-methyl/N-ethyl adjacent to an activating group) is 1. The van der Waals surface area contributed by atoms with Crippen LogP contribution >= 0.6 is 35.6 Å². The van der Waals surface area contributed by atoms with E-state index in [-0.39, 0.29) is 12.4 Å². The topological polar surface area (TPSA) is 36.4 Å². The van der Waals surface area contributed by atoms with Gasteiger partial charge in [-0.3, -0.25) is 0 Å². The van der Waals surface area contributed by atoms with Crippen molar-refractivity contribution in [1.82, 2.24) is 9.88 Å². The molecule has 0 aliphatic rings. The molecular formula is C22H25Cl3N2O. The molecule has 0 aliphatic heterocycles. The van der Waals surface area contributed by atoms with Crippen LogP contribution in [0.1, 0.15) is 31.1 Å². The first-order chi connectivity index (χ1) is 12.9. The molecule has 6 heteroatoms. The van der Waals surface area contributed by atoms with E-state index in [1.165, 1.54) is 0 Å². The van der Waals surface area contributed by atoms with Gasteiger partial charge in [-0.1, -0.05) is 55.2 Å². The van der Waals surface area contributed by atoms with Crippen molar-refractivity contribution in [3.63, 3.8) is 0 Å². The minimum Gasteiger partial charge on any atom is -0.387 e. The first-order valence-electron chi connectivity index (χ1n) is 9.20. The summed E-state index contributed by atoms with van der Waals surface area (Å²) in [6.45, 7) is 8.53. The minimum atomic E-state index is -0.609. The Bertz CT molecular complexity index is 941. The molecule has 0 bridgehead atoms. The monoisotopic (exact) mass is 438 g/mol. The minimum absolute atomic E-state index is 0. The van der Waals surface area contributed by atoms with Gasteiger partial charge in [-0.05, 0) is 55.4 Å². The number of fused-ring (bicyclic) bond motifs is 1. The average Bonchev–Trinajstić information content (AvgIpc) is 2.68. The highest BCUT2D eigenvalue weighted by molar-refractivity contribution is 6.32. The van der Waals surface area contributed by atoms with E-state index in [4.69, 9.17) is 28.2 Å². The van der Waals surface area contributed by atoms with Gasteiger partial charge in [0.1, 0.15) is 0 Å². The molecule has 1 heterocycles. The van der Waals surface area contributed by atoms with Crippen LogP contribution in [-0.2, 0) is 0 Å². The molecule has 150 valence electrons. The average molecular weight is 440 g/mol. The zero-order valence-corrected chi connectivity index (χ0v) is 18.6. The van der Waals surface area contributed by atoms with Gasteiger partial charge >= 0.3 is 0 Å². The van der Waals surface area contributed by atoms with Crippen LogP contribution in [0.3, 0.4) is 0 Å². The first kappa shape index (κ1) is 22.9. The van der Waals surface area contributed by atoms with Gasteiger partial charge in [-0.25, -0.2) is 4.98 Å². The van der Waals surface area contributed by atoms with Crippen molar-refractivity contribution < 1.29 is 5.11 Å². The van der Waals surface area contributed by atoms with Crippen LogP contribution < -0.4 is 0 Å². The van der Waals surface area contributed by atoms with Crippen molar-refractivity contribution in [1.29, 1.82) is 0 Å². The summed E-state index contributed by atoms with van der Waals surface area (Å²) in [7, 11) is 0. The molecule has 1 aromatic heterocycles. The first-order valence-corrected chi connectivity index (χ1v) is 9.96. The fourth-order valence-corrected chi connectivity index (χ4v) is 3.58. The largest absolute Gasteiger partial charge is 0.387 e. The molecular weight excluding hydrogens is 415 g/mol. The van der Waals surface area contributed by atoms with Crippen LogP contribution in [0.15, 0.2) is 42.5 Å². The predicted octanol–water partition coefficient (Wildman–Crippen LogP) is 6.31. The van der Waals surface area contributed by atoms with E-state index >= 15 is 0 Å². The molecule has 0 aliphatic carbocycles. The molecule has 3 rings (SSSR count). The summed E-state index contributed by atoms with van der Waals surface area (Å²) in [5.41, 5.74) is 4.37. The summed E-state index contributed by atoms with van der Waals surface area (Å²) in [6.07, 6.45) is -0.609. The quantitative estimate of drug-likeness (QED) is 0.488. The van der Waals surface area contributed by atoms with E-state index < -0.39 is 6.10 Å². The Morgan fingerprint density at radius 3 is 2.29 bits per heavy atom. The number of aliphatic hydroxyl groups is 1. The lowest BCUT2D eigenvalue weighted by atomic mass is 9.98. The van der Waals surface area contributed by atoms with E-state index in [9.17, 15) is 5.11 Å². The van der Waals surface area contributed by atoms with Crippen LogP contribution in [0.25, 0.3) is 22.2 Å². The smallest absolute Gasteiger partial charge is 0.0924 e. The van der Waals surface area contributed by atoms with Gasteiger partial charge in [0.15, 0.2) is 0 Å². The van der Waals surface area contributed by atoms with E-state index in [1.807, 2.05) is 49.4 Å². The van der Waals surface area contributed by atoms with Gasteiger partial charge < -0.3 is 10.0 Å². The van der Waals surface area contributed by atoms with Crippen molar-refractivity contribution in [3.05, 3.63) is 63.6 Å². The van der Waals surface area contributed by atoms with Gasteiger partial charge in [0.2, 0.25) is 0 Å². The number of aryl methyl sites for hydroxylation is 1. The van der Waals surface area contributed by atoms with Crippen LogP contribution in [0, 0.1) is 6.92 Å². The number of pyridine rings is 1. The Morgan fingerprint density at radius 2 is 1.68 bits per heavy atom. The zero-order chi connectivity index (χ0) is 19.6. The maximum Gasteiger partial charge on any atom is 0.0924 e. The van der Waals surface area contributed by atoms with E-state index in [0.717, 1.165) is 46.4 Å². The SMILES string of the molecule is CCN(CC)CC(O)c1cc(-c2ccc(Cl)cc2)nc2c(C)c(Cl)ccc12.Cl. The number of aromatic nitrogens is 1. The van der Waals surface area contributed by atoms with Gasteiger partial charge in [-0.15, -0.1) is 12.4 Å². The molecule has 0 saturated heterocycles. The summed E-state index contributed by atoms with van der Waals surface area (Å²) in [5, 5.41) is 13.3. The summed E-state index contributed by atoms with van der Waals surface area (Å²) in [4.78, 5) is 7.06. The number of hydrogen-bond donors (Lipinski definition) is 1. The van der Waals surface area contributed by atoms with E-state index in [0.29, 0.717) is 16.6 Å². The molecule has 0 spiro atoms. The maximum atomic E-state index is 11.0. The van der Waals surface area contributed by atoms with Gasteiger partial charge in [0.25, 0.3) is 0 Å². The van der Waals surface area contributed by atoms with Crippen molar-refractivity contribution >= 4 is 46.5 Å². The summed E-state index contributed by atoms with van der Waals surface area (Å²) in [6, 6.07) is 13.4. The molecule has 1 atom stereocenters. The van der Waals surface area contributed by atoms with Crippen molar-refractivity contribution in [2.24, 2.45) is 0 Å². The third kappa shape index (κ3) is 4.79. The van der Waals surface area contributed by atoms with Gasteiger partial charge in [0.05, 0.1) is 17.3 Å². The number of halogens is 3. The highest BCUT2D eigenvalue weighted by Crippen LogP contribution is 2.33. The lowest BCUT2D eigenvalue weighted by Crippen LogP contribution is -2.28. The predicted molar refractivity (Wildman–Crippen MR) is 122 cm³/mol. The number of hydrogen-bond acceptors (Lipinski definition) is 3. The van der Waals surface area contributed by atoms with Gasteiger partial charge in [0, 0.05) is 27.5 Å². The molecule has 0 amide bonds. The Morgan fingerprint density at radius 1 is 1.04 bits per heavy atom. The van der Waals surface area contributed by atoms with Crippen molar-refractivity contribution in [2.45, 2.75) is 26.9 Å². The summed E-state index contributed by atoms with van der Waals surface area (Å²) < 4.78 is 0. The molecule has 0 fully saturated rings. The third-order valence-corrected chi connectivity index (χ3v) is 5.69. The lowest BCUT2D eigenvalue weighted by molar-refractivity contribution is 0.120. The number of rotatable bonds is 6. The Balaban J connectivity index is 0.00000280.